The van der Waals surface area contributed by atoms with Gasteiger partial charge in [0.05, 0.1) is 11.8 Å². The molecule has 3 rings (SSSR count). The number of rotatable bonds is 6. The molecule has 1 heterocycles. The molecule has 2 atom stereocenters. The van der Waals surface area contributed by atoms with E-state index in [1.807, 2.05) is 0 Å². The Morgan fingerprint density at radius 3 is 2.21 bits per heavy atom. The van der Waals surface area contributed by atoms with Gasteiger partial charge in [-0.15, -0.1) is 0 Å². The fraction of sp³-hybridized carbons (Fsp3) is 0.450. The zero-order chi connectivity index (χ0) is 21.0. The van der Waals surface area contributed by atoms with Gasteiger partial charge < -0.3 is 15.4 Å². The summed E-state index contributed by atoms with van der Waals surface area (Å²) < 4.78 is 4.92. The van der Waals surface area contributed by atoms with Crippen LogP contribution in [0.2, 0.25) is 0 Å². The number of esters is 1. The number of hydrogen-bond acceptors (Lipinski definition) is 6. The second kappa shape index (κ2) is 8.85. The van der Waals surface area contributed by atoms with Crippen molar-refractivity contribution in [2.45, 2.75) is 32.6 Å². The monoisotopic (exact) mass is 401 g/mol. The van der Waals surface area contributed by atoms with Crippen LogP contribution in [0.15, 0.2) is 24.3 Å². The van der Waals surface area contributed by atoms with Crippen LogP contribution in [0.4, 0.5) is 11.4 Å². The summed E-state index contributed by atoms with van der Waals surface area (Å²) in [6, 6.07) is 6.49. The first-order valence-corrected chi connectivity index (χ1v) is 9.53. The number of benzene rings is 1. The first-order valence-electron chi connectivity index (χ1n) is 9.53. The average molecular weight is 401 g/mol. The minimum atomic E-state index is -0.813. The lowest BCUT2D eigenvalue weighted by Gasteiger charge is -2.19. The van der Waals surface area contributed by atoms with Crippen molar-refractivity contribution < 1.29 is 28.7 Å². The van der Waals surface area contributed by atoms with Crippen LogP contribution in [0.3, 0.4) is 0 Å². The molecule has 2 aliphatic rings. The van der Waals surface area contributed by atoms with Crippen LogP contribution in [-0.2, 0) is 28.7 Å². The number of fused-ring (bicyclic) bond motifs is 1. The highest BCUT2D eigenvalue weighted by atomic mass is 16.5. The van der Waals surface area contributed by atoms with Gasteiger partial charge in [-0.25, -0.2) is 0 Å². The number of hydrogen-bond donors (Lipinski definition) is 2. The van der Waals surface area contributed by atoms with E-state index in [-0.39, 0.29) is 29.6 Å². The Morgan fingerprint density at radius 1 is 1.03 bits per heavy atom. The lowest BCUT2D eigenvalue weighted by Crippen LogP contribution is -2.37. The number of carbonyl (C=O) groups excluding carboxylic acids is 5. The summed E-state index contributed by atoms with van der Waals surface area (Å²) in [7, 11) is 0. The average Bonchev–Trinajstić information content (AvgIpc) is 2.91. The Bertz CT molecular complexity index is 828. The highest BCUT2D eigenvalue weighted by Gasteiger charge is 2.48. The second-order valence-electron chi connectivity index (χ2n) is 7.23. The highest BCUT2D eigenvalue weighted by Crippen LogP contribution is 2.37. The van der Waals surface area contributed by atoms with Crippen molar-refractivity contribution in [2.75, 3.05) is 23.8 Å². The van der Waals surface area contributed by atoms with E-state index in [1.54, 1.807) is 24.3 Å². The van der Waals surface area contributed by atoms with Gasteiger partial charge in [-0.2, -0.15) is 0 Å². The predicted molar refractivity (Wildman–Crippen MR) is 103 cm³/mol. The molecule has 1 aromatic carbocycles. The van der Waals surface area contributed by atoms with Gasteiger partial charge in [0.2, 0.25) is 17.7 Å². The summed E-state index contributed by atoms with van der Waals surface area (Å²) in [6.07, 6.45) is 3.14. The fourth-order valence-corrected chi connectivity index (χ4v) is 3.78. The summed E-state index contributed by atoms with van der Waals surface area (Å²) >= 11 is 0. The summed E-state index contributed by atoms with van der Waals surface area (Å²) in [5, 5.41) is 5.14. The molecule has 0 unspecified atom stereocenters. The minimum Gasteiger partial charge on any atom is -0.454 e. The number of ether oxygens (including phenoxy) is 1. The van der Waals surface area contributed by atoms with E-state index < -0.39 is 25.0 Å². The summed E-state index contributed by atoms with van der Waals surface area (Å²) in [4.78, 5) is 60.8. The fourth-order valence-electron chi connectivity index (χ4n) is 3.78. The Morgan fingerprint density at radius 2 is 1.62 bits per heavy atom. The van der Waals surface area contributed by atoms with Gasteiger partial charge in [-0.05, 0) is 31.0 Å². The number of anilines is 2. The summed E-state index contributed by atoms with van der Waals surface area (Å²) in [5.74, 6) is -2.94. The Balaban J connectivity index is 1.48. The quantitative estimate of drug-likeness (QED) is 0.547. The topological polar surface area (TPSA) is 122 Å². The molecule has 4 amide bonds. The van der Waals surface area contributed by atoms with E-state index in [1.165, 1.54) is 6.92 Å². The molecule has 1 aliphatic carbocycles. The molecule has 1 aromatic rings. The van der Waals surface area contributed by atoms with E-state index in [0.29, 0.717) is 24.2 Å². The lowest BCUT2D eigenvalue weighted by molar-refractivity contribution is -0.154. The van der Waals surface area contributed by atoms with Crippen LogP contribution in [0, 0.1) is 11.8 Å². The van der Waals surface area contributed by atoms with Crippen molar-refractivity contribution in [3.8, 4) is 0 Å². The van der Waals surface area contributed by atoms with Crippen molar-refractivity contribution in [1.82, 2.24) is 4.90 Å². The first-order chi connectivity index (χ1) is 13.8. The zero-order valence-electron chi connectivity index (χ0n) is 16.1. The first kappa shape index (κ1) is 20.5. The summed E-state index contributed by atoms with van der Waals surface area (Å²) in [5.41, 5.74) is 0.936. The van der Waals surface area contributed by atoms with Crippen LogP contribution in [0.1, 0.15) is 32.6 Å². The maximum absolute atomic E-state index is 12.4. The molecule has 2 N–H and O–H groups in total. The molecule has 29 heavy (non-hydrogen) atoms. The van der Waals surface area contributed by atoms with Crippen LogP contribution < -0.4 is 10.6 Å². The molecule has 1 aliphatic heterocycles. The lowest BCUT2D eigenvalue weighted by atomic mass is 9.81. The van der Waals surface area contributed by atoms with Gasteiger partial charge in [0.25, 0.3) is 5.91 Å². The smallest absolute Gasteiger partial charge is 0.326 e. The van der Waals surface area contributed by atoms with Gasteiger partial charge >= 0.3 is 5.97 Å². The SMILES string of the molecule is CC(=O)Nc1cccc(NC(=O)COC(=O)CN2C(=O)[C@H]3CCCC[C@H]3C2=O)c1. The molecule has 0 spiro atoms. The number of imide groups is 1. The molecule has 1 saturated heterocycles. The summed E-state index contributed by atoms with van der Waals surface area (Å²) in [6.45, 7) is 0.345. The third kappa shape index (κ3) is 4.98. The molecule has 0 aromatic heterocycles. The van der Waals surface area contributed by atoms with E-state index >= 15 is 0 Å². The van der Waals surface area contributed by atoms with Gasteiger partial charge in [-0.1, -0.05) is 18.9 Å². The normalized spacial score (nSPS) is 20.8. The third-order valence-corrected chi connectivity index (χ3v) is 5.05. The number of nitrogens with one attached hydrogen (secondary N) is 2. The Kier molecular flexibility index (Phi) is 6.26. The molecule has 0 radical (unpaired) electrons. The van der Waals surface area contributed by atoms with Crippen molar-refractivity contribution in [3.63, 3.8) is 0 Å². The Labute approximate surface area is 167 Å². The van der Waals surface area contributed by atoms with Crippen molar-refractivity contribution in [2.24, 2.45) is 11.8 Å². The van der Waals surface area contributed by atoms with Crippen LogP contribution in [0.25, 0.3) is 0 Å². The maximum Gasteiger partial charge on any atom is 0.326 e. The van der Waals surface area contributed by atoms with Crippen LogP contribution >= 0.6 is 0 Å². The number of nitrogens with zero attached hydrogens (tertiary/aromatic N) is 1. The van der Waals surface area contributed by atoms with Gasteiger partial charge in [0.15, 0.2) is 6.61 Å². The molecule has 2 fully saturated rings. The number of carbonyl (C=O) groups is 5. The Hall–Kier alpha value is -3.23. The molecule has 9 nitrogen and oxygen atoms in total. The largest absolute Gasteiger partial charge is 0.454 e. The van der Waals surface area contributed by atoms with E-state index in [4.69, 9.17) is 4.74 Å². The molecular formula is C20H23N3O6. The zero-order valence-corrected chi connectivity index (χ0v) is 16.1. The molecule has 9 heteroatoms. The maximum atomic E-state index is 12.4. The van der Waals surface area contributed by atoms with Crippen molar-refractivity contribution >= 4 is 41.0 Å². The van der Waals surface area contributed by atoms with Gasteiger partial charge in [0.1, 0.15) is 6.54 Å². The molecular weight excluding hydrogens is 378 g/mol. The minimum absolute atomic E-state index is 0.242. The standard InChI is InChI=1S/C20H23N3O6/c1-12(24)21-13-5-4-6-14(9-13)22-17(25)11-29-18(26)10-23-19(27)15-7-2-3-8-16(15)20(23)28/h4-6,9,15-16H,2-3,7-8,10-11H2,1H3,(H,21,24)(H,22,25)/t15-,16+. The predicted octanol–water partition coefficient (Wildman–Crippen LogP) is 1.30. The third-order valence-electron chi connectivity index (χ3n) is 5.05. The number of likely N-dealkylation sites (tertiary alicyclic amines) is 1. The van der Waals surface area contributed by atoms with Crippen molar-refractivity contribution in [1.29, 1.82) is 0 Å². The highest BCUT2D eigenvalue weighted by molar-refractivity contribution is 6.07. The van der Waals surface area contributed by atoms with Crippen LogP contribution in [0.5, 0.6) is 0 Å². The molecule has 154 valence electrons. The molecule has 0 bridgehead atoms. The molecule has 1 saturated carbocycles. The van der Waals surface area contributed by atoms with E-state index in [2.05, 4.69) is 10.6 Å². The second-order valence-corrected chi connectivity index (χ2v) is 7.23. The van der Waals surface area contributed by atoms with Gasteiger partial charge in [0, 0.05) is 18.3 Å². The van der Waals surface area contributed by atoms with Gasteiger partial charge in [-0.3, -0.25) is 28.9 Å². The van der Waals surface area contributed by atoms with E-state index in [9.17, 15) is 24.0 Å². The van der Waals surface area contributed by atoms with Crippen LogP contribution in [-0.4, -0.2) is 47.6 Å². The number of amides is 4. The van der Waals surface area contributed by atoms with Crippen molar-refractivity contribution in [3.05, 3.63) is 24.3 Å². The van der Waals surface area contributed by atoms with E-state index in [0.717, 1.165) is 17.7 Å².